The summed E-state index contributed by atoms with van der Waals surface area (Å²) >= 11 is 0. The summed E-state index contributed by atoms with van der Waals surface area (Å²) in [5.74, 6) is -8.70. The number of carbonyl (C=O) groups excluding carboxylic acids is 8. The average molecular weight is 1290 g/mol. The number of aliphatic carboxylic acids is 3. The molecular weight excluding hydrogens is 1200 g/mol. The van der Waals surface area contributed by atoms with E-state index in [1.165, 1.54) is 19.2 Å². The maximum Gasteiger partial charge on any atom is 0.317 e. The molecule has 0 aliphatic carbocycles. The van der Waals surface area contributed by atoms with E-state index >= 15 is 0 Å². The Bertz CT molecular complexity index is 2980. The number of carbonyl (C=O) groups is 11. The van der Waals surface area contributed by atoms with Crippen LogP contribution in [-0.4, -0.2) is 285 Å². The monoisotopic (exact) mass is 1290 g/mol. The summed E-state index contributed by atoms with van der Waals surface area (Å²) in [7, 11) is 1.36. The number of aliphatic imine (C=N–C) groups is 1. The second kappa shape index (κ2) is 39.2. The van der Waals surface area contributed by atoms with Crippen molar-refractivity contribution in [2.24, 2.45) is 16.5 Å². The van der Waals surface area contributed by atoms with Crippen LogP contribution in [0.3, 0.4) is 0 Å². The van der Waals surface area contributed by atoms with Gasteiger partial charge in [0.15, 0.2) is 5.96 Å². The molecule has 2 aliphatic rings. The van der Waals surface area contributed by atoms with Gasteiger partial charge in [-0.2, -0.15) is 0 Å². The van der Waals surface area contributed by atoms with Crippen molar-refractivity contribution in [3.8, 4) is 5.75 Å². The van der Waals surface area contributed by atoms with Gasteiger partial charge in [-0.25, -0.2) is 0 Å². The first-order valence-corrected chi connectivity index (χ1v) is 30.3. The quantitative estimate of drug-likeness (QED) is 0.0170. The highest BCUT2D eigenvalue weighted by Gasteiger charge is 2.36. The van der Waals surface area contributed by atoms with Gasteiger partial charge in [0, 0.05) is 91.9 Å². The van der Waals surface area contributed by atoms with Gasteiger partial charge in [0.05, 0.1) is 59.1 Å². The maximum atomic E-state index is 14.6. The van der Waals surface area contributed by atoms with Crippen LogP contribution in [0.2, 0.25) is 0 Å². The normalized spacial score (nSPS) is 19.1. The fourth-order valence-electron chi connectivity index (χ4n) is 10.1. The van der Waals surface area contributed by atoms with E-state index in [1.54, 1.807) is 31.7 Å². The van der Waals surface area contributed by atoms with Crippen molar-refractivity contribution in [3.63, 3.8) is 0 Å². The van der Waals surface area contributed by atoms with Crippen molar-refractivity contribution in [1.29, 1.82) is 0 Å². The minimum Gasteiger partial charge on any atom is -0.508 e. The number of fused-ring (bicyclic) bond motifs is 1. The number of nitrogens with one attached hydrogen (secondary N) is 7. The lowest BCUT2D eigenvalue weighted by atomic mass is 10.00. The van der Waals surface area contributed by atoms with Gasteiger partial charge in [-0.1, -0.05) is 54.6 Å². The summed E-state index contributed by atoms with van der Waals surface area (Å²) in [6.45, 7) is -0.166. The lowest BCUT2D eigenvalue weighted by Gasteiger charge is -2.32. The zero-order valence-electron chi connectivity index (χ0n) is 51.7. The van der Waals surface area contributed by atoms with E-state index < -0.39 is 103 Å². The smallest absolute Gasteiger partial charge is 0.317 e. The largest absolute Gasteiger partial charge is 0.508 e. The number of phenols is 1. The number of nitrogens with zero attached hydrogens (tertiary/aromatic N) is 6. The average Bonchev–Trinajstić information content (AvgIpc) is 1.16. The number of benzene rings is 3. The van der Waals surface area contributed by atoms with Gasteiger partial charge < -0.3 is 83.5 Å². The first-order chi connectivity index (χ1) is 44.0. The molecule has 2 saturated heterocycles. The number of carboxylic acid groups (broad SMARTS) is 3. The molecule has 504 valence electrons. The number of aromatic hydroxyl groups is 1. The van der Waals surface area contributed by atoms with Crippen LogP contribution in [0.1, 0.15) is 36.8 Å². The van der Waals surface area contributed by atoms with Crippen molar-refractivity contribution in [3.05, 3.63) is 77.9 Å². The van der Waals surface area contributed by atoms with Gasteiger partial charge in [0.2, 0.25) is 47.3 Å². The molecule has 2 heterocycles. The van der Waals surface area contributed by atoms with E-state index in [0.29, 0.717) is 11.1 Å². The lowest BCUT2D eigenvalue weighted by molar-refractivity contribution is -0.142. The molecule has 15 N–H and O–H groups in total. The fourth-order valence-corrected chi connectivity index (χ4v) is 10.1. The zero-order chi connectivity index (χ0) is 67.0. The van der Waals surface area contributed by atoms with Gasteiger partial charge in [-0.05, 0) is 59.7 Å². The van der Waals surface area contributed by atoms with Crippen molar-refractivity contribution in [2.45, 2.75) is 62.7 Å². The summed E-state index contributed by atoms with van der Waals surface area (Å²) in [6, 6.07) is 13.9. The number of carboxylic acids is 3. The van der Waals surface area contributed by atoms with Gasteiger partial charge in [-0.3, -0.25) is 77.3 Å². The molecule has 32 heteroatoms. The zero-order valence-corrected chi connectivity index (χ0v) is 51.7. The van der Waals surface area contributed by atoms with Gasteiger partial charge >= 0.3 is 17.9 Å². The first-order valence-electron chi connectivity index (χ1n) is 30.3. The second-order valence-electron chi connectivity index (χ2n) is 22.2. The minimum atomic E-state index is -1.31. The number of amides is 8. The van der Waals surface area contributed by atoms with Gasteiger partial charge in [0.1, 0.15) is 36.5 Å². The number of nitrogens with two attached hydrogens (primary N) is 2. The van der Waals surface area contributed by atoms with Crippen LogP contribution in [0.25, 0.3) is 10.8 Å². The molecular formula is C60H87N15O17. The molecule has 2 fully saturated rings. The third kappa shape index (κ3) is 28.0. The topological polar surface area (TPSA) is 452 Å². The lowest BCUT2D eigenvalue weighted by Crippen LogP contribution is -2.58. The Morgan fingerprint density at radius 1 is 0.576 bits per heavy atom. The van der Waals surface area contributed by atoms with E-state index in [9.17, 15) is 73.2 Å². The summed E-state index contributed by atoms with van der Waals surface area (Å²) in [5, 5.41) is 58.8. The first kappa shape index (κ1) is 73.7. The summed E-state index contributed by atoms with van der Waals surface area (Å²) < 4.78 is 10.9. The highest BCUT2D eigenvalue weighted by atomic mass is 16.5. The number of rotatable bonds is 30. The van der Waals surface area contributed by atoms with Crippen LogP contribution in [0.5, 0.6) is 5.75 Å². The Balaban J connectivity index is 1.12. The number of phenolic OH excluding ortho intramolecular Hbond substituents is 1. The van der Waals surface area contributed by atoms with Crippen molar-refractivity contribution >= 4 is 81.9 Å². The molecule has 0 bridgehead atoms. The molecule has 0 spiro atoms. The Labute approximate surface area is 532 Å². The van der Waals surface area contributed by atoms with E-state index in [0.717, 1.165) is 15.7 Å². The predicted octanol–water partition coefficient (Wildman–Crippen LogP) is -4.57. The van der Waals surface area contributed by atoms with Crippen LogP contribution in [0.15, 0.2) is 71.7 Å². The fraction of sp³-hybridized carbons (Fsp3) is 0.533. The predicted molar refractivity (Wildman–Crippen MR) is 333 cm³/mol. The molecule has 3 aromatic rings. The van der Waals surface area contributed by atoms with E-state index in [-0.39, 0.29) is 174 Å². The Morgan fingerprint density at radius 2 is 1.13 bits per heavy atom. The number of guanidine groups is 1. The van der Waals surface area contributed by atoms with Crippen LogP contribution in [0.4, 0.5) is 0 Å². The van der Waals surface area contributed by atoms with Crippen LogP contribution in [-0.2, 0) is 75.1 Å². The number of hydrogen-bond donors (Lipinski definition) is 13. The highest BCUT2D eigenvalue weighted by Crippen LogP contribution is 2.19. The van der Waals surface area contributed by atoms with Gasteiger partial charge in [0.25, 0.3) is 0 Å². The van der Waals surface area contributed by atoms with E-state index in [1.807, 2.05) is 42.5 Å². The van der Waals surface area contributed by atoms with Crippen LogP contribution >= 0.6 is 0 Å². The molecule has 92 heavy (non-hydrogen) atoms. The molecule has 32 nitrogen and oxygen atoms in total. The molecule has 3 aromatic carbocycles. The van der Waals surface area contributed by atoms with Crippen LogP contribution < -0.4 is 48.7 Å². The molecule has 8 amide bonds. The third-order valence-corrected chi connectivity index (χ3v) is 15.0. The SMILES string of the molecule is CN1C(=O)[C@@H](Cc2ccc(O)cc2)NC(=O)CNC(=O)[C@H](Cc2ccc3ccccc3c2)NC(=O)[C@H](CCCN=C(N)N)NC(=O)[C@H]1CCCNC(=O)CNC(=O)COCCOCCNC(=O)CN1CCN(CC(=O)O)CCN(CC(=O)O)CCN(CC(=O)O)CC1. The molecule has 5 rings (SSSR count). The van der Waals surface area contributed by atoms with Crippen molar-refractivity contribution < 1.29 is 82.6 Å². The van der Waals surface area contributed by atoms with Crippen molar-refractivity contribution in [1.82, 2.24) is 61.7 Å². The highest BCUT2D eigenvalue weighted by molar-refractivity contribution is 5.97. The Hall–Kier alpha value is -9.08. The van der Waals surface area contributed by atoms with E-state index in [4.69, 9.17) is 20.9 Å². The molecule has 0 unspecified atom stereocenters. The Morgan fingerprint density at radius 3 is 1.74 bits per heavy atom. The molecule has 0 saturated carbocycles. The summed E-state index contributed by atoms with van der Waals surface area (Å²) in [5.41, 5.74) is 12.3. The third-order valence-electron chi connectivity index (χ3n) is 15.0. The van der Waals surface area contributed by atoms with Crippen LogP contribution in [0, 0.1) is 0 Å². The van der Waals surface area contributed by atoms with Crippen molar-refractivity contribution in [2.75, 3.05) is 145 Å². The minimum absolute atomic E-state index is 0.00657. The second-order valence-corrected chi connectivity index (χ2v) is 22.2. The summed E-state index contributed by atoms with van der Waals surface area (Å²) in [6.07, 6.45) is 0.0942. The van der Waals surface area contributed by atoms with E-state index in [2.05, 4.69) is 42.2 Å². The molecule has 2 aliphatic heterocycles. The maximum absolute atomic E-state index is 14.6. The van der Waals surface area contributed by atoms with Gasteiger partial charge in [-0.15, -0.1) is 0 Å². The summed E-state index contributed by atoms with van der Waals surface area (Å²) in [4.78, 5) is 156. The molecule has 0 aromatic heterocycles. The number of hydrogen-bond acceptors (Lipinski definition) is 19. The standard InChI is InChI=1S/C60H87N15O17/c1-71-48(9-5-16-63-49(77)33-66-52(80)39-92-29-28-91-27-18-64-51(79)35-72-19-21-73(36-53(81)82)23-25-75(38-55(85)86)26-24-74(22-20-72)37-54(83)84)58(89)69-45(8-4-17-65-60(61)62)57(88)70-46(32-41-10-13-42-6-2-3-7-43(42)30-41)56(87)67-34-50(78)68-47(59(71)90)31-40-11-14-44(76)15-12-40/h2-3,6-7,10-15,30,45-48,76H,4-5,8-9,16-29,31-39H2,1H3,(H,63,77)(H,64,79)(H,66,80)(H,67,87)(H,68,78)(H,69,89)(H,70,88)(H,81,82)(H,83,84)(H,85,86)(H4,61,62,65)/t45-,46-,47+,48+/m0/s1. The number of ether oxygens (including phenoxy) is 2. The Kier molecular flexibility index (Phi) is 31.4. The number of likely N-dealkylation sites (N-methyl/N-ethyl adjacent to an activating group) is 1. The molecule has 4 atom stereocenters. The molecule has 0 radical (unpaired) electrons.